The van der Waals surface area contributed by atoms with Crippen LogP contribution in [0.2, 0.25) is 0 Å². The van der Waals surface area contributed by atoms with E-state index in [0.717, 1.165) is 76.7 Å². The maximum Gasteiger partial charge on any atom is 0.225 e. The van der Waals surface area contributed by atoms with Gasteiger partial charge in [-0.25, -0.2) is 13.1 Å². The summed E-state index contributed by atoms with van der Waals surface area (Å²) >= 11 is 0. The molecule has 0 aliphatic heterocycles. The summed E-state index contributed by atoms with van der Waals surface area (Å²) in [5, 5.41) is 2.92. The third kappa shape index (κ3) is 7.43. The van der Waals surface area contributed by atoms with E-state index in [1.165, 1.54) is 12.8 Å². The van der Waals surface area contributed by atoms with Crippen LogP contribution in [0, 0.1) is 17.8 Å². The van der Waals surface area contributed by atoms with Crippen LogP contribution in [0.25, 0.3) is 0 Å². The number of carbonyl (C=O) groups is 2. The normalized spacial score (nSPS) is 34.2. The van der Waals surface area contributed by atoms with E-state index in [9.17, 15) is 18.0 Å². The minimum absolute atomic E-state index is 0.0914. The number of amides is 2. The van der Waals surface area contributed by atoms with Crippen molar-refractivity contribution >= 4 is 21.8 Å². The molecule has 35 heavy (non-hydrogen) atoms. The molecule has 0 atom stereocenters. The molecule has 4 fully saturated rings. The van der Waals surface area contributed by atoms with Gasteiger partial charge in [0, 0.05) is 37.0 Å². The van der Waals surface area contributed by atoms with Crippen molar-refractivity contribution in [3.05, 3.63) is 0 Å². The summed E-state index contributed by atoms with van der Waals surface area (Å²) in [5.74, 6) is 1.58. The molecule has 2 amide bonds. The fourth-order valence-electron chi connectivity index (χ4n) is 6.59. The minimum atomic E-state index is -3.21. The number of sulfonamides is 1. The number of hydrogen-bond donors (Lipinski definition) is 2. The molecule has 4 saturated carbocycles. The van der Waals surface area contributed by atoms with E-state index in [-0.39, 0.29) is 35.1 Å². The summed E-state index contributed by atoms with van der Waals surface area (Å²) in [4.78, 5) is 28.1. The summed E-state index contributed by atoms with van der Waals surface area (Å²) < 4.78 is 27.7. The van der Waals surface area contributed by atoms with E-state index < -0.39 is 10.0 Å². The highest BCUT2D eigenvalue weighted by atomic mass is 32.2. The molecule has 4 rings (SSSR count). The molecule has 8 heteroatoms. The Morgan fingerprint density at radius 3 is 1.97 bits per heavy atom. The number of rotatable bonds is 9. The molecule has 4 aliphatic rings. The molecule has 0 aromatic heterocycles. The highest BCUT2D eigenvalue weighted by molar-refractivity contribution is 7.90. The van der Waals surface area contributed by atoms with Crippen molar-refractivity contribution in [2.75, 3.05) is 6.54 Å². The Kier molecular flexibility index (Phi) is 9.17. The molecule has 4 aliphatic carbocycles. The van der Waals surface area contributed by atoms with Gasteiger partial charge in [-0.05, 0) is 109 Å². The summed E-state index contributed by atoms with van der Waals surface area (Å²) in [6, 6.07) is 0.738. The maximum atomic E-state index is 13.3. The van der Waals surface area contributed by atoms with Crippen LogP contribution in [-0.2, 0) is 19.6 Å². The van der Waals surface area contributed by atoms with Crippen LogP contribution in [-0.4, -0.2) is 55.1 Å². The van der Waals surface area contributed by atoms with E-state index in [2.05, 4.69) is 28.8 Å². The van der Waals surface area contributed by atoms with Crippen molar-refractivity contribution in [2.24, 2.45) is 17.8 Å². The van der Waals surface area contributed by atoms with Gasteiger partial charge in [-0.15, -0.1) is 0 Å². The maximum absolute atomic E-state index is 13.3. The molecular formula is C27H47N3O4S. The molecule has 2 N–H and O–H groups in total. The molecule has 0 aromatic rings. The lowest BCUT2D eigenvalue weighted by Gasteiger charge is -2.39. The van der Waals surface area contributed by atoms with Crippen LogP contribution >= 0.6 is 0 Å². The smallest absolute Gasteiger partial charge is 0.225 e. The van der Waals surface area contributed by atoms with Crippen molar-refractivity contribution in [1.82, 2.24) is 14.9 Å². The predicted molar refractivity (Wildman–Crippen MR) is 138 cm³/mol. The van der Waals surface area contributed by atoms with Crippen molar-refractivity contribution < 1.29 is 18.0 Å². The van der Waals surface area contributed by atoms with Crippen LogP contribution in [0.5, 0.6) is 0 Å². The molecule has 200 valence electrons. The lowest BCUT2D eigenvalue weighted by Crippen LogP contribution is -2.47. The van der Waals surface area contributed by atoms with Crippen molar-refractivity contribution in [2.45, 2.75) is 134 Å². The zero-order valence-electron chi connectivity index (χ0n) is 21.8. The molecule has 7 nitrogen and oxygen atoms in total. The van der Waals surface area contributed by atoms with E-state index >= 15 is 0 Å². The number of carbonyl (C=O) groups excluding carboxylic acids is 2. The van der Waals surface area contributed by atoms with E-state index in [1.54, 1.807) is 0 Å². The molecule has 0 radical (unpaired) electrons. The molecule has 0 aromatic carbocycles. The first-order valence-electron chi connectivity index (χ1n) is 14.4. The van der Waals surface area contributed by atoms with Gasteiger partial charge in [-0.2, -0.15) is 0 Å². The average Bonchev–Trinajstić information content (AvgIpc) is 3.65. The summed E-state index contributed by atoms with van der Waals surface area (Å²) in [5.41, 5.74) is 0. The molecular weight excluding hydrogens is 462 g/mol. The van der Waals surface area contributed by atoms with Gasteiger partial charge in [0.05, 0.1) is 5.25 Å². The van der Waals surface area contributed by atoms with E-state index in [0.29, 0.717) is 31.2 Å². The van der Waals surface area contributed by atoms with Crippen LogP contribution in [0.1, 0.15) is 110 Å². The van der Waals surface area contributed by atoms with Gasteiger partial charge in [-0.1, -0.05) is 6.92 Å². The van der Waals surface area contributed by atoms with Crippen LogP contribution in [0.15, 0.2) is 0 Å². The quantitative estimate of drug-likeness (QED) is 0.489. The third-order valence-corrected chi connectivity index (χ3v) is 11.1. The Hall–Kier alpha value is -1.15. The predicted octanol–water partition coefficient (Wildman–Crippen LogP) is 4.12. The van der Waals surface area contributed by atoms with Gasteiger partial charge < -0.3 is 10.2 Å². The zero-order valence-corrected chi connectivity index (χ0v) is 22.7. The summed E-state index contributed by atoms with van der Waals surface area (Å²) in [7, 11) is -3.21. The largest absolute Gasteiger partial charge is 0.353 e. The molecule has 0 unspecified atom stereocenters. The third-order valence-electron chi connectivity index (χ3n) is 9.11. The number of hydrogen-bond acceptors (Lipinski definition) is 4. The fourth-order valence-corrected chi connectivity index (χ4v) is 8.38. The van der Waals surface area contributed by atoms with Crippen LogP contribution in [0.3, 0.4) is 0 Å². The van der Waals surface area contributed by atoms with Crippen LogP contribution < -0.4 is 10.0 Å². The Labute approximate surface area is 212 Å². The number of nitrogens with zero attached hydrogens (tertiary/aromatic N) is 1. The summed E-state index contributed by atoms with van der Waals surface area (Å²) in [6.45, 7) is 5.22. The number of nitrogens with one attached hydrogen (secondary N) is 2. The standard InChI is InChI=1S/C27H47N3O4S/c1-3-30(24-14-4-19(2)5-15-24)27(32)21-8-10-22(11-9-21)28-26(31)18-20-6-16-25(17-7-20)35(33,34)29-23-12-13-23/h19-25,29H,3-18H2,1-2H3,(H,28,31). The van der Waals surface area contributed by atoms with Crippen molar-refractivity contribution in [3.8, 4) is 0 Å². The Morgan fingerprint density at radius 2 is 1.40 bits per heavy atom. The zero-order chi connectivity index (χ0) is 25.0. The Balaban J connectivity index is 1.15. The van der Waals surface area contributed by atoms with Gasteiger partial charge in [0.25, 0.3) is 0 Å². The van der Waals surface area contributed by atoms with Gasteiger partial charge in [-0.3, -0.25) is 9.59 Å². The Morgan fingerprint density at radius 1 is 0.800 bits per heavy atom. The average molecular weight is 510 g/mol. The first-order valence-corrected chi connectivity index (χ1v) is 15.9. The second-order valence-electron chi connectivity index (χ2n) is 11.9. The van der Waals surface area contributed by atoms with E-state index in [4.69, 9.17) is 0 Å². The topological polar surface area (TPSA) is 95.6 Å². The first kappa shape index (κ1) is 26.9. The summed E-state index contributed by atoms with van der Waals surface area (Å²) in [6.07, 6.45) is 13.5. The highest BCUT2D eigenvalue weighted by Gasteiger charge is 2.36. The second-order valence-corrected chi connectivity index (χ2v) is 13.9. The second kappa shape index (κ2) is 11.9. The van der Waals surface area contributed by atoms with Gasteiger partial charge in [0.15, 0.2) is 0 Å². The van der Waals surface area contributed by atoms with Crippen molar-refractivity contribution in [3.63, 3.8) is 0 Å². The van der Waals surface area contributed by atoms with Gasteiger partial charge in [0.1, 0.15) is 0 Å². The molecule has 0 spiro atoms. The molecule has 0 heterocycles. The van der Waals surface area contributed by atoms with Crippen LogP contribution in [0.4, 0.5) is 0 Å². The van der Waals surface area contributed by atoms with Crippen molar-refractivity contribution in [1.29, 1.82) is 0 Å². The minimum Gasteiger partial charge on any atom is -0.353 e. The van der Waals surface area contributed by atoms with Gasteiger partial charge in [0.2, 0.25) is 21.8 Å². The van der Waals surface area contributed by atoms with E-state index in [1.807, 2.05) is 0 Å². The monoisotopic (exact) mass is 509 g/mol. The first-order chi connectivity index (χ1) is 16.7. The van der Waals surface area contributed by atoms with Gasteiger partial charge >= 0.3 is 0 Å². The lowest BCUT2D eigenvalue weighted by atomic mass is 9.82. The SMILES string of the molecule is CCN(C(=O)C1CCC(NC(=O)CC2CCC(S(=O)(=O)NC3CC3)CC2)CC1)C1CCC(C)CC1. The molecule has 0 bridgehead atoms. The lowest BCUT2D eigenvalue weighted by molar-refractivity contribution is -0.139. The molecule has 0 saturated heterocycles. The fraction of sp³-hybridized carbons (Fsp3) is 0.926. The highest BCUT2D eigenvalue weighted by Crippen LogP contribution is 2.33. The Bertz CT molecular complexity index is 819.